The van der Waals surface area contributed by atoms with Gasteiger partial charge in [-0.15, -0.1) is 22.7 Å². The highest BCUT2D eigenvalue weighted by Gasteiger charge is 2.21. The van der Waals surface area contributed by atoms with E-state index in [9.17, 15) is 0 Å². The van der Waals surface area contributed by atoms with E-state index < -0.39 is 0 Å². The normalized spacial score (nSPS) is 11.9. The van der Waals surface area contributed by atoms with Crippen LogP contribution in [0.15, 0.2) is 180 Å². The fourth-order valence-electron chi connectivity index (χ4n) is 8.31. The Labute approximate surface area is 335 Å². The number of furan rings is 1. The lowest BCUT2D eigenvalue weighted by Crippen LogP contribution is -2.00. The molecule has 0 bridgehead atoms. The summed E-state index contributed by atoms with van der Waals surface area (Å²) >= 11 is 3.74. The third-order valence-corrected chi connectivity index (χ3v) is 13.4. The second-order valence-corrected chi connectivity index (χ2v) is 16.4. The van der Waals surface area contributed by atoms with Gasteiger partial charge in [0, 0.05) is 67.8 Å². The molecule has 0 aliphatic rings. The number of hydrogen-bond donors (Lipinski definition) is 0. The number of rotatable bonds is 5. The van der Waals surface area contributed by atoms with Gasteiger partial charge in [-0.3, -0.25) is 0 Å². The van der Waals surface area contributed by atoms with Gasteiger partial charge in [-0.2, -0.15) is 0 Å². The third-order valence-electron chi connectivity index (χ3n) is 11.0. The summed E-state index contributed by atoms with van der Waals surface area (Å²) in [6.45, 7) is 0. The van der Waals surface area contributed by atoms with E-state index in [-0.39, 0.29) is 0 Å². The molecule has 4 nitrogen and oxygen atoms in total. The molecular formula is C51H29N3OS2. The quantitative estimate of drug-likeness (QED) is 0.175. The molecule has 0 aliphatic carbocycles. The van der Waals surface area contributed by atoms with Crippen LogP contribution in [0.3, 0.4) is 0 Å². The molecule has 0 aliphatic heterocycles. The maximum Gasteiger partial charge on any atom is 0.167 e. The Morgan fingerprint density at radius 3 is 1.68 bits per heavy atom. The van der Waals surface area contributed by atoms with Gasteiger partial charge < -0.3 is 4.42 Å². The molecule has 12 rings (SSSR count). The highest BCUT2D eigenvalue weighted by atomic mass is 32.1. The topological polar surface area (TPSA) is 51.8 Å². The SMILES string of the molecule is c1ccc(-c2nc(-c3ccccc3)nc(-c3cccc4c3oc3cc(-c5ccc(-c6cccc7c6sc6ccccc67)c6c5sc5ccccc56)ccc34)n2)cc1. The first-order chi connectivity index (χ1) is 28.2. The highest BCUT2D eigenvalue weighted by Crippen LogP contribution is 2.48. The largest absolute Gasteiger partial charge is 0.455 e. The average Bonchev–Trinajstić information content (AvgIpc) is 3.98. The van der Waals surface area contributed by atoms with Crippen LogP contribution < -0.4 is 0 Å². The average molecular weight is 764 g/mol. The Hall–Kier alpha value is -6.99. The maximum absolute atomic E-state index is 6.84. The molecule has 0 saturated heterocycles. The predicted molar refractivity (Wildman–Crippen MR) is 240 cm³/mol. The maximum atomic E-state index is 6.84. The van der Waals surface area contributed by atoms with Crippen molar-refractivity contribution in [3.63, 3.8) is 0 Å². The van der Waals surface area contributed by atoms with Crippen molar-refractivity contribution in [1.29, 1.82) is 0 Å². The summed E-state index contributed by atoms with van der Waals surface area (Å²) in [6.07, 6.45) is 0. The van der Waals surface area contributed by atoms with Crippen molar-refractivity contribution in [1.82, 2.24) is 15.0 Å². The lowest BCUT2D eigenvalue weighted by atomic mass is 9.94. The molecule has 8 aromatic carbocycles. The Morgan fingerprint density at radius 1 is 0.351 bits per heavy atom. The van der Waals surface area contributed by atoms with Crippen LogP contribution in [0, 0.1) is 0 Å². The molecule has 0 radical (unpaired) electrons. The molecule has 4 heterocycles. The summed E-state index contributed by atoms with van der Waals surface area (Å²) < 4.78 is 12.0. The van der Waals surface area contributed by atoms with E-state index >= 15 is 0 Å². The smallest absolute Gasteiger partial charge is 0.167 e. The fraction of sp³-hybridized carbons (Fsp3) is 0. The van der Waals surface area contributed by atoms with Crippen LogP contribution in [0.1, 0.15) is 0 Å². The molecule has 0 fully saturated rings. The molecule has 0 N–H and O–H groups in total. The highest BCUT2D eigenvalue weighted by molar-refractivity contribution is 7.27. The van der Waals surface area contributed by atoms with Crippen LogP contribution in [-0.2, 0) is 0 Å². The van der Waals surface area contributed by atoms with E-state index in [1.165, 1.54) is 57.0 Å². The summed E-state index contributed by atoms with van der Waals surface area (Å²) in [7, 11) is 0. The second-order valence-electron chi connectivity index (χ2n) is 14.3. The zero-order chi connectivity index (χ0) is 37.5. The molecule has 0 atom stereocenters. The van der Waals surface area contributed by atoms with E-state index in [1.54, 1.807) is 0 Å². The van der Waals surface area contributed by atoms with E-state index in [2.05, 4.69) is 109 Å². The summed E-state index contributed by atoms with van der Waals surface area (Å²) in [5.74, 6) is 1.81. The predicted octanol–water partition coefficient (Wildman–Crippen LogP) is 14.8. The Morgan fingerprint density at radius 2 is 0.930 bits per heavy atom. The van der Waals surface area contributed by atoms with Gasteiger partial charge in [0.15, 0.2) is 17.5 Å². The Kier molecular flexibility index (Phi) is 7.24. The minimum atomic E-state index is 0.573. The van der Waals surface area contributed by atoms with Crippen LogP contribution in [0.25, 0.3) is 119 Å². The molecule has 266 valence electrons. The molecule has 57 heavy (non-hydrogen) atoms. The molecule has 0 spiro atoms. The first-order valence-electron chi connectivity index (χ1n) is 18.9. The van der Waals surface area contributed by atoms with Gasteiger partial charge in [-0.05, 0) is 47.0 Å². The number of aromatic nitrogens is 3. The van der Waals surface area contributed by atoms with Gasteiger partial charge in [0.05, 0.1) is 5.56 Å². The van der Waals surface area contributed by atoms with Crippen LogP contribution in [0.5, 0.6) is 0 Å². The number of hydrogen-bond acceptors (Lipinski definition) is 6. The number of thiophene rings is 2. The van der Waals surface area contributed by atoms with Crippen molar-refractivity contribution in [2.45, 2.75) is 0 Å². The molecule has 4 aromatic heterocycles. The number of nitrogens with zero attached hydrogens (tertiary/aromatic N) is 3. The molecule has 6 heteroatoms. The van der Waals surface area contributed by atoms with Gasteiger partial charge in [0.2, 0.25) is 0 Å². The van der Waals surface area contributed by atoms with Crippen molar-refractivity contribution >= 4 is 85.0 Å². The first kappa shape index (κ1) is 32.3. The Balaban J connectivity index is 1.04. The van der Waals surface area contributed by atoms with Crippen LogP contribution >= 0.6 is 22.7 Å². The number of fused-ring (bicyclic) bond motifs is 9. The zero-order valence-electron chi connectivity index (χ0n) is 30.3. The van der Waals surface area contributed by atoms with Crippen molar-refractivity contribution in [2.75, 3.05) is 0 Å². The summed E-state index contributed by atoms with van der Waals surface area (Å²) in [4.78, 5) is 15.0. The lowest BCUT2D eigenvalue weighted by Gasteiger charge is -2.11. The number of para-hydroxylation sites is 1. The molecular weight excluding hydrogens is 735 g/mol. The lowest BCUT2D eigenvalue weighted by molar-refractivity contribution is 0.669. The number of benzene rings is 8. The van der Waals surface area contributed by atoms with Gasteiger partial charge in [0.25, 0.3) is 0 Å². The Bertz CT molecular complexity index is 3470. The van der Waals surface area contributed by atoms with Crippen LogP contribution in [-0.4, -0.2) is 15.0 Å². The summed E-state index contributed by atoms with van der Waals surface area (Å²) in [5.41, 5.74) is 9.11. The van der Waals surface area contributed by atoms with Gasteiger partial charge >= 0.3 is 0 Å². The minimum absolute atomic E-state index is 0.573. The van der Waals surface area contributed by atoms with Gasteiger partial charge in [-0.25, -0.2) is 15.0 Å². The van der Waals surface area contributed by atoms with E-state index in [0.717, 1.165) is 44.2 Å². The molecule has 0 amide bonds. The van der Waals surface area contributed by atoms with Crippen molar-refractivity contribution in [2.24, 2.45) is 0 Å². The standard InChI is InChI=1S/C51H29N3OS2/c1-3-13-30(14-4-1)49-52-50(31-15-5-2-6-16-31)54-51(53-49)41-22-11-19-37-34-26-25-32(29-42(34)55-46(37)41)33-27-28-36(45-40-18-8-10-24-44(40)57-48(33)45)39-21-12-20-38-35-17-7-9-23-43(35)56-47(38)39/h1-29H. The second kappa shape index (κ2) is 12.8. The summed E-state index contributed by atoms with van der Waals surface area (Å²) in [6, 6.07) is 61.9. The molecule has 0 saturated carbocycles. The first-order valence-corrected chi connectivity index (χ1v) is 20.6. The molecule has 0 unspecified atom stereocenters. The monoisotopic (exact) mass is 763 g/mol. The minimum Gasteiger partial charge on any atom is -0.455 e. The van der Waals surface area contributed by atoms with E-state index in [0.29, 0.717) is 17.5 Å². The summed E-state index contributed by atoms with van der Waals surface area (Å²) in [5, 5.41) is 7.28. The molecule has 12 aromatic rings. The van der Waals surface area contributed by atoms with Crippen LogP contribution in [0.4, 0.5) is 0 Å². The van der Waals surface area contributed by atoms with Crippen molar-refractivity contribution < 1.29 is 4.42 Å². The van der Waals surface area contributed by atoms with Crippen LogP contribution in [0.2, 0.25) is 0 Å². The van der Waals surface area contributed by atoms with Crippen molar-refractivity contribution in [3.8, 4) is 56.4 Å². The fourth-order valence-corrected chi connectivity index (χ4v) is 10.8. The van der Waals surface area contributed by atoms with Gasteiger partial charge in [-0.1, -0.05) is 146 Å². The van der Waals surface area contributed by atoms with Gasteiger partial charge in [0.1, 0.15) is 11.2 Å². The van der Waals surface area contributed by atoms with Crippen molar-refractivity contribution in [3.05, 3.63) is 176 Å². The zero-order valence-corrected chi connectivity index (χ0v) is 31.9. The van der Waals surface area contributed by atoms with E-state index in [4.69, 9.17) is 19.4 Å². The third kappa shape index (κ3) is 5.15. The van der Waals surface area contributed by atoms with E-state index in [1.807, 2.05) is 89.4 Å².